The van der Waals surface area contributed by atoms with Crippen LogP contribution in [0.2, 0.25) is 0 Å². The number of benzene rings is 1. The van der Waals surface area contributed by atoms with Crippen molar-refractivity contribution in [1.29, 1.82) is 0 Å². The molecule has 0 aliphatic rings. The summed E-state index contributed by atoms with van der Waals surface area (Å²) in [4.78, 5) is 0. The Hall–Kier alpha value is -0.920. The second-order valence-electron chi connectivity index (χ2n) is 3.47. The molecule has 0 saturated carbocycles. The number of hydrogen-bond acceptors (Lipinski definition) is 0. The molecule has 2 heteroatoms. The zero-order chi connectivity index (χ0) is 10.0. The minimum atomic E-state index is -0.487. The van der Waals surface area contributed by atoms with E-state index in [1.807, 2.05) is 20.8 Å². The maximum Gasteiger partial charge on any atom is 0.129 e. The molecule has 0 aliphatic heterocycles. The summed E-state index contributed by atoms with van der Waals surface area (Å²) >= 11 is 0. The molecule has 72 valence electrons. The molecule has 0 bridgehead atoms. The van der Waals surface area contributed by atoms with Crippen LogP contribution in [0.1, 0.15) is 37.8 Å². The molecule has 0 radical (unpaired) electrons. The SMILES string of the molecule is CCc1cc(F)cc(F)c1C(C)C. The standard InChI is InChI=1S/C11H14F2/c1-4-8-5-9(12)6-10(13)11(8)7(2)3/h5-7H,4H2,1-3H3. The molecule has 0 fully saturated rings. The van der Waals surface area contributed by atoms with E-state index in [0.29, 0.717) is 12.0 Å². The van der Waals surface area contributed by atoms with Crippen molar-refractivity contribution in [2.24, 2.45) is 0 Å². The van der Waals surface area contributed by atoms with Crippen LogP contribution in [-0.2, 0) is 6.42 Å². The minimum Gasteiger partial charge on any atom is -0.207 e. The molecule has 0 amide bonds. The number of rotatable bonds is 2. The lowest BCUT2D eigenvalue weighted by Gasteiger charge is -2.12. The molecule has 0 saturated heterocycles. The highest BCUT2D eigenvalue weighted by Gasteiger charge is 2.12. The van der Waals surface area contributed by atoms with Crippen LogP contribution in [0.25, 0.3) is 0 Å². The zero-order valence-corrected chi connectivity index (χ0v) is 8.20. The van der Waals surface area contributed by atoms with Gasteiger partial charge in [-0.05, 0) is 29.5 Å². The highest BCUT2D eigenvalue weighted by atomic mass is 19.1. The summed E-state index contributed by atoms with van der Waals surface area (Å²) in [5, 5.41) is 0. The van der Waals surface area contributed by atoms with E-state index in [9.17, 15) is 8.78 Å². The lowest BCUT2D eigenvalue weighted by molar-refractivity contribution is 0.560. The molecule has 13 heavy (non-hydrogen) atoms. The molecule has 1 aromatic carbocycles. The molecule has 1 aromatic rings. The first-order valence-electron chi connectivity index (χ1n) is 4.54. The van der Waals surface area contributed by atoms with Gasteiger partial charge in [0.05, 0.1) is 0 Å². The third-order valence-electron chi connectivity index (χ3n) is 2.14. The summed E-state index contributed by atoms with van der Waals surface area (Å²) in [6.45, 7) is 5.73. The third-order valence-corrected chi connectivity index (χ3v) is 2.14. The van der Waals surface area contributed by atoms with Crippen molar-refractivity contribution in [2.75, 3.05) is 0 Å². The smallest absolute Gasteiger partial charge is 0.129 e. The van der Waals surface area contributed by atoms with Crippen molar-refractivity contribution < 1.29 is 8.78 Å². The molecule has 0 nitrogen and oxygen atoms in total. The Labute approximate surface area is 77.6 Å². The second kappa shape index (κ2) is 3.86. The van der Waals surface area contributed by atoms with Crippen molar-refractivity contribution >= 4 is 0 Å². The first-order valence-corrected chi connectivity index (χ1v) is 4.54. The van der Waals surface area contributed by atoms with Gasteiger partial charge in [-0.1, -0.05) is 20.8 Å². The molecule has 0 aromatic heterocycles. The van der Waals surface area contributed by atoms with Crippen LogP contribution in [0.4, 0.5) is 8.78 Å². The Morgan fingerprint density at radius 2 is 1.85 bits per heavy atom. The topological polar surface area (TPSA) is 0 Å². The Morgan fingerprint density at radius 1 is 1.23 bits per heavy atom. The van der Waals surface area contributed by atoms with Crippen molar-refractivity contribution in [3.63, 3.8) is 0 Å². The van der Waals surface area contributed by atoms with Gasteiger partial charge in [-0.15, -0.1) is 0 Å². The van der Waals surface area contributed by atoms with Gasteiger partial charge in [0, 0.05) is 6.07 Å². The highest BCUT2D eigenvalue weighted by molar-refractivity contribution is 5.31. The quantitative estimate of drug-likeness (QED) is 0.658. The number of halogens is 2. The van der Waals surface area contributed by atoms with Crippen LogP contribution < -0.4 is 0 Å². The summed E-state index contributed by atoms with van der Waals surface area (Å²) in [7, 11) is 0. The monoisotopic (exact) mass is 184 g/mol. The fraction of sp³-hybridized carbons (Fsp3) is 0.455. The second-order valence-corrected chi connectivity index (χ2v) is 3.47. The summed E-state index contributed by atoms with van der Waals surface area (Å²) in [5.41, 5.74) is 1.41. The average molecular weight is 184 g/mol. The van der Waals surface area contributed by atoms with Gasteiger partial charge in [-0.25, -0.2) is 8.78 Å². The van der Waals surface area contributed by atoms with Gasteiger partial charge in [0.1, 0.15) is 11.6 Å². The van der Waals surface area contributed by atoms with Gasteiger partial charge in [-0.2, -0.15) is 0 Å². The van der Waals surface area contributed by atoms with Gasteiger partial charge in [0.25, 0.3) is 0 Å². The van der Waals surface area contributed by atoms with E-state index in [1.54, 1.807) is 0 Å². The first kappa shape index (κ1) is 10.2. The lowest BCUT2D eigenvalue weighted by Crippen LogP contribution is -2.00. The zero-order valence-electron chi connectivity index (χ0n) is 8.20. The van der Waals surface area contributed by atoms with Crippen molar-refractivity contribution in [3.05, 3.63) is 34.9 Å². The van der Waals surface area contributed by atoms with E-state index in [1.165, 1.54) is 6.07 Å². The molecule has 0 aliphatic carbocycles. The molecular weight excluding hydrogens is 170 g/mol. The molecule has 0 atom stereocenters. The van der Waals surface area contributed by atoms with E-state index in [-0.39, 0.29) is 5.92 Å². The minimum absolute atomic E-state index is 0.107. The first-order chi connectivity index (χ1) is 6.06. The van der Waals surface area contributed by atoms with Gasteiger partial charge >= 0.3 is 0 Å². The molecular formula is C11H14F2. The summed E-state index contributed by atoms with van der Waals surface area (Å²) in [5.74, 6) is -0.804. The van der Waals surface area contributed by atoms with E-state index in [0.717, 1.165) is 11.6 Å². The van der Waals surface area contributed by atoms with Crippen LogP contribution in [0.15, 0.2) is 12.1 Å². The Balaban J connectivity index is 3.30. The molecule has 0 spiro atoms. The summed E-state index contributed by atoms with van der Waals surface area (Å²) < 4.78 is 26.1. The van der Waals surface area contributed by atoms with E-state index in [4.69, 9.17) is 0 Å². The van der Waals surface area contributed by atoms with Gasteiger partial charge < -0.3 is 0 Å². The fourth-order valence-electron chi connectivity index (χ4n) is 1.58. The normalized spacial score (nSPS) is 10.9. The Bertz CT molecular complexity index is 303. The van der Waals surface area contributed by atoms with Crippen molar-refractivity contribution in [2.45, 2.75) is 33.1 Å². The number of aryl methyl sites for hydroxylation is 1. The van der Waals surface area contributed by atoms with Gasteiger partial charge in [-0.3, -0.25) is 0 Å². The lowest BCUT2D eigenvalue weighted by atomic mass is 9.95. The van der Waals surface area contributed by atoms with E-state index in [2.05, 4.69) is 0 Å². The van der Waals surface area contributed by atoms with Crippen LogP contribution >= 0.6 is 0 Å². The summed E-state index contributed by atoms with van der Waals surface area (Å²) in [6.07, 6.45) is 0.669. The molecule has 1 rings (SSSR count). The van der Waals surface area contributed by atoms with Gasteiger partial charge in [0.15, 0.2) is 0 Å². The van der Waals surface area contributed by atoms with Crippen LogP contribution in [0.3, 0.4) is 0 Å². The van der Waals surface area contributed by atoms with Crippen LogP contribution in [0, 0.1) is 11.6 Å². The van der Waals surface area contributed by atoms with E-state index < -0.39 is 11.6 Å². The highest BCUT2D eigenvalue weighted by Crippen LogP contribution is 2.24. The fourth-order valence-corrected chi connectivity index (χ4v) is 1.58. The summed E-state index contributed by atoms with van der Waals surface area (Å²) in [6, 6.07) is 2.37. The third kappa shape index (κ3) is 2.06. The Morgan fingerprint density at radius 3 is 2.31 bits per heavy atom. The van der Waals surface area contributed by atoms with Crippen LogP contribution in [0.5, 0.6) is 0 Å². The van der Waals surface area contributed by atoms with Crippen molar-refractivity contribution in [1.82, 2.24) is 0 Å². The van der Waals surface area contributed by atoms with Crippen molar-refractivity contribution in [3.8, 4) is 0 Å². The average Bonchev–Trinajstić information content (AvgIpc) is 2.01. The maximum atomic E-state index is 13.3. The Kier molecular flexibility index (Phi) is 3.02. The maximum absolute atomic E-state index is 13.3. The predicted molar refractivity (Wildman–Crippen MR) is 49.8 cm³/mol. The number of hydrogen-bond donors (Lipinski definition) is 0. The molecule has 0 unspecified atom stereocenters. The molecule has 0 N–H and O–H groups in total. The van der Waals surface area contributed by atoms with Gasteiger partial charge in [0.2, 0.25) is 0 Å². The predicted octanol–water partition coefficient (Wildman–Crippen LogP) is 3.65. The molecule has 0 heterocycles. The van der Waals surface area contributed by atoms with E-state index >= 15 is 0 Å². The largest absolute Gasteiger partial charge is 0.207 e. The van der Waals surface area contributed by atoms with Crippen LogP contribution in [-0.4, -0.2) is 0 Å².